The highest BCUT2D eigenvalue weighted by Crippen LogP contribution is 2.57. The Balaban J connectivity index is 2.24. The van der Waals surface area contributed by atoms with Gasteiger partial charge in [0, 0.05) is 0 Å². The van der Waals surface area contributed by atoms with Gasteiger partial charge in [0.05, 0.1) is 12.2 Å². The predicted octanol–water partition coefficient (Wildman–Crippen LogP) is 2.89. The first-order valence-electron chi connectivity index (χ1n) is 6.93. The largest absolute Gasteiger partial charge is 0.392 e. The van der Waals surface area contributed by atoms with Crippen LogP contribution < -0.4 is 0 Å². The second kappa shape index (κ2) is 4.40. The van der Waals surface area contributed by atoms with E-state index in [9.17, 15) is 10.2 Å². The maximum atomic E-state index is 10.2. The van der Waals surface area contributed by atoms with Gasteiger partial charge in [0.15, 0.2) is 0 Å². The molecule has 2 heteroatoms. The molecule has 2 rings (SSSR count). The fourth-order valence-electron chi connectivity index (χ4n) is 3.94. The monoisotopic (exact) mass is 238 g/mol. The first-order valence-corrected chi connectivity index (χ1v) is 6.93. The van der Waals surface area contributed by atoms with Crippen LogP contribution in [0, 0.1) is 17.3 Å². The molecular weight excluding hydrogens is 212 g/mol. The summed E-state index contributed by atoms with van der Waals surface area (Å²) < 4.78 is 0. The molecule has 0 aromatic heterocycles. The zero-order valence-electron chi connectivity index (χ0n) is 11.4. The van der Waals surface area contributed by atoms with Crippen molar-refractivity contribution in [1.82, 2.24) is 0 Å². The maximum absolute atomic E-state index is 10.2. The molecule has 1 saturated carbocycles. The normalized spacial score (nSPS) is 38.5. The summed E-state index contributed by atoms with van der Waals surface area (Å²) in [6, 6.07) is 0. The van der Waals surface area contributed by atoms with Crippen molar-refractivity contribution in [2.45, 2.75) is 58.5 Å². The van der Waals surface area contributed by atoms with Crippen LogP contribution in [0.5, 0.6) is 0 Å². The van der Waals surface area contributed by atoms with Gasteiger partial charge < -0.3 is 10.2 Å². The molecule has 1 spiro atoms. The third-order valence-corrected chi connectivity index (χ3v) is 5.29. The average molecular weight is 238 g/mol. The van der Waals surface area contributed by atoms with Gasteiger partial charge >= 0.3 is 0 Å². The Labute approximate surface area is 105 Å². The standard InChI is InChI=1S/C15H26O2/c1-11-5-4-6-13(10-16)15(11)8-7-12(9-15)14(2,3)17/h6,11-12,16-17H,4-5,7-10H2,1-3H3/t11-,12+,15-/m0/s1. The van der Waals surface area contributed by atoms with Gasteiger partial charge in [0.2, 0.25) is 0 Å². The van der Waals surface area contributed by atoms with Crippen molar-refractivity contribution in [3.05, 3.63) is 11.6 Å². The summed E-state index contributed by atoms with van der Waals surface area (Å²) >= 11 is 0. The lowest BCUT2D eigenvalue weighted by molar-refractivity contribution is 0.0120. The zero-order chi connectivity index (χ0) is 12.7. The molecule has 0 aromatic rings. The molecular formula is C15H26O2. The van der Waals surface area contributed by atoms with Crippen LogP contribution in [-0.4, -0.2) is 22.4 Å². The number of rotatable bonds is 2. The number of hydrogen-bond donors (Lipinski definition) is 2. The molecule has 0 aromatic carbocycles. The molecule has 2 aliphatic carbocycles. The van der Waals surface area contributed by atoms with Crippen molar-refractivity contribution >= 4 is 0 Å². The summed E-state index contributed by atoms with van der Waals surface area (Å²) in [6.45, 7) is 6.36. The summed E-state index contributed by atoms with van der Waals surface area (Å²) in [5.74, 6) is 1.01. The van der Waals surface area contributed by atoms with Crippen molar-refractivity contribution in [1.29, 1.82) is 0 Å². The minimum atomic E-state index is -0.582. The van der Waals surface area contributed by atoms with Crippen LogP contribution in [0.15, 0.2) is 11.6 Å². The van der Waals surface area contributed by atoms with E-state index < -0.39 is 5.60 Å². The SMILES string of the molecule is C[C@H]1CCC=C(CO)[C@]12CC[C@@H](C(C)(C)O)C2. The Morgan fingerprint density at radius 1 is 1.41 bits per heavy atom. The first kappa shape index (κ1) is 13.1. The van der Waals surface area contributed by atoms with E-state index in [2.05, 4.69) is 13.0 Å². The first-order chi connectivity index (χ1) is 7.90. The van der Waals surface area contributed by atoms with E-state index in [-0.39, 0.29) is 12.0 Å². The third-order valence-electron chi connectivity index (χ3n) is 5.29. The van der Waals surface area contributed by atoms with Crippen LogP contribution in [0.1, 0.15) is 52.9 Å². The molecule has 0 bridgehead atoms. The molecule has 1 fully saturated rings. The lowest BCUT2D eigenvalue weighted by atomic mass is 9.64. The van der Waals surface area contributed by atoms with Gasteiger partial charge in [-0.1, -0.05) is 13.0 Å². The molecule has 2 nitrogen and oxygen atoms in total. The summed E-state index contributed by atoms with van der Waals surface area (Å²) in [6.07, 6.45) is 7.84. The predicted molar refractivity (Wildman–Crippen MR) is 69.6 cm³/mol. The molecule has 0 amide bonds. The summed E-state index contributed by atoms with van der Waals surface area (Å²) in [7, 11) is 0. The van der Waals surface area contributed by atoms with Crippen LogP contribution in [0.25, 0.3) is 0 Å². The van der Waals surface area contributed by atoms with Gasteiger partial charge in [-0.2, -0.15) is 0 Å². The minimum Gasteiger partial charge on any atom is -0.392 e. The van der Waals surface area contributed by atoms with Gasteiger partial charge in [-0.05, 0) is 68.8 Å². The van der Waals surface area contributed by atoms with E-state index in [0.29, 0.717) is 11.8 Å². The number of hydrogen-bond acceptors (Lipinski definition) is 2. The molecule has 0 unspecified atom stereocenters. The third kappa shape index (κ3) is 2.17. The topological polar surface area (TPSA) is 40.5 Å². The summed E-state index contributed by atoms with van der Waals surface area (Å²) in [5.41, 5.74) is 0.835. The summed E-state index contributed by atoms with van der Waals surface area (Å²) in [4.78, 5) is 0. The molecule has 2 N–H and O–H groups in total. The van der Waals surface area contributed by atoms with Crippen LogP contribution in [-0.2, 0) is 0 Å². The quantitative estimate of drug-likeness (QED) is 0.726. The lowest BCUT2D eigenvalue weighted by Gasteiger charge is -2.41. The Kier molecular flexibility index (Phi) is 3.39. The van der Waals surface area contributed by atoms with E-state index in [4.69, 9.17) is 0 Å². The molecule has 0 aliphatic heterocycles. The van der Waals surface area contributed by atoms with E-state index in [1.807, 2.05) is 13.8 Å². The van der Waals surface area contributed by atoms with E-state index in [1.54, 1.807) is 0 Å². The van der Waals surface area contributed by atoms with E-state index in [0.717, 1.165) is 25.7 Å². The van der Waals surface area contributed by atoms with Crippen molar-refractivity contribution in [3.8, 4) is 0 Å². The summed E-state index contributed by atoms with van der Waals surface area (Å²) in [5, 5.41) is 19.8. The number of aliphatic hydroxyl groups excluding tert-OH is 1. The number of aliphatic hydroxyl groups is 2. The molecule has 0 heterocycles. The Morgan fingerprint density at radius 2 is 2.12 bits per heavy atom. The van der Waals surface area contributed by atoms with Gasteiger partial charge in [0.25, 0.3) is 0 Å². The molecule has 98 valence electrons. The van der Waals surface area contributed by atoms with Crippen LogP contribution in [0.4, 0.5) is 0 Å². The smallest absolute Gasteiger partial charge is 0.0647 e. The lowest BCUT2D eigenvalue weighted by Crippen LogP contribution is -2.35. The van der Waals surface area contributed by atoms with Gasteiger partial charge in [0.1, 0.15) is 0 Å². The fraction of sp³-hybridized carbons (Fsp3) is 0.867. The van der Waals surface area contributed by atoms with Crippen molar-refractivity contribution in [2.75, 3.05) is 6.61 Å². The van der Waals surface area contributed by atoms with Gasteiger partial charge in [-0.3, -0.25) is 0 Å². The molecule has 3 atom stereocenters. The van der Waals surface area contributed by atoms with Gasteiger partial charge in [-0.25, -0.2) is 0 Å². The Hall–Kier alpha value is -0.340. The van der Waals surface area contributed by atoms with E-state index >= 15 is 0 Å². The van der Waals surface area contributed by atoms with E-state index in [1.165, 1.54) is 12.0 Å². The highest BCUT2D eigenvalue weighted by atomic mass is 16.3. The molecule has 2 aliphatic rings. The van der Waals surface area contributed by atoms with Crippen molar-refractivity contribution in [2.24, 2.45) is 17.3 Å². The highest BCUT2D eigenvalue weighted by molar-refractivity contribution is 5.22. The molecule has 0 saturated heterocycles. The zero-order valence-corrected chi connectivity index (χ0v) is 11.4. The molecule has 17 heavy (non-hydrogen) atoms. The highest BCUT2D eigenvalue weighted by Gasteiger charge is 2.49. The van der Waals surface area contributed by atoms with Crippen molar-refractivity contribution in [3.63, 3.8) is 0 Å². The van der Waals surface area contributed by atoms with Crippen LogP contribution in [0.3, 0.4) is 0 Å². The minimum absolute atomic E-state index is 0.178. The number of allylic oxidation sites excluding steroid dienone is 1. The second-order valence-corrected chi connectivity index (χ2v) is 6.62. The van der Waals surface area contributed by atoms with Crippen LogP contribution >= 0.6 is 0 Å². The van der Waals surface area contributed by atoms with Crippen molar-refractivity contribution < 1.29 is 10.2 Å². The molecule has 0 radical (unpaired) electrons. The fourth-order valence-corrected chi connectivity index (χ4v) is 3.94. The Morgan fingerprint density at radius 3 is 2.65 bits per heavy atom. The second-order valence-electron chi connectivity index (χ2n) is 6.62. The van der Waals surface area contributed by atoms with Gasteiger partial charge in [-0.15, -0.1) is 0 Å². The Bertz CT molecular complexity index is 313. The maximum Gasteiger partial charge on any atom is 0.0647 e. The van der Waals surface area contributed by atoms with Crippen LogP contribution in [0.2, 0.25) is 0 Å². The average Bonchev–Trinajstić information content (AvgIpc) is 2.68.